The Bertz CT molecular complexity index is 1210. The Balaban J connectivity index is 1.77. The number of amides is 3. The molecule has 1 fully saturated rings. The second-order valence-electron chi connectivity index (χ2n) is 11.2. The number of fused-ring (bicyclic) bond motifs is 1. The number of hydrogen-bond acceptors (Lipinski definition) is 5. The summed E-state index contributed by atoms with van der Waals surface area (Å²) in [6, 6.07) is 4.38. The van der Waals surface area contributed by atoms with Crippen molar-refractivity contribution in [3.63, 3.8) is 0 Å². The van der Waals surface area contributed by atoms with Gasteiger partial charge in [0.15, 0.2) is 0 Å². The van der Waals surface area contributed by atoms with Crippen molar-refractivity contribution in [2.45, 2.75) is 71.5 Å². The highest BCUT2D eigenvalue weighted by Crippen LogP contribution is 2.29. The second-order valence-corrected chi connectivity index (χ2v) is 11.2. The molecular weight excluding hydrogens is 465 g/mol. The molecular formula is C26H34FN5O4. The van der Waals surface area contributed by atoms with E-state index in [1.807, 2.05) is 34.6 Å². The van der Waals surface area contributed by atoms with Gasteiger partial charge >= 0.3 is 0 Å². The van der Waals surface area contributed by atoms with Gasteiger partial charge in [-0.3, -0.25) is 14.4 Å². The molecule has 10 heteroatoms. The van der Waals surface area contributed by atoms with Crippen LogP contribution in [-0.2, 0) is 9.59 Å². The third-order valence-electron chi connectivity index (χ3n) is 6.19. The number of carbonyl (C=O) groups is 3. The van der Waals surface area contributed by atoms with Gasteiger partial charge in [-0.05, 0) is 56.7 Å². The van der Waals surface area contributed by atoms with Crippen molar-refractivity contribution in [1.29, 1.82) is 5.26 Å². The maximum atomic E-state index is 14.3. The molecule has 9 nitrogen and oxygen atoms in total. The molecule has 2 heterocycles. The largest absolute Gasteiger partial charge is 0.496 e. The topological polar surface area (TPSA) is 136 Å². The van der Waals surface area contributed by atoms with Crippen LogP contribution in [0.15, 0.2) is 18.2 Å². The van der Waals surface area contributed by atoms with Gasteiger partial charge in [0.25, 0.3) is 5.91 Å². The quantitative estimate of drug-likeness (QED) is 0.442. The number of aromatic amines is 1. The van der Waals surface area contributed by atoms with E-state index in [9.17, 15) is 24.0 Å². The number of rotatable bonds is 8. The fourth-order valence-electron chi connectivity index (χ4n) is 4.60. The molecule has 194 valence electrons. The van der Waals surface area contributed by atoms with Crippen molar-refractivity contribution < 1.29 is 23.5 Å². The second kappa shape index (κ2) is 10.2. The highest BCUT2D eigenvalue weighted by atomic mass is 19.1. The van der Waals surface area contributed by atoms with Crippen LogP contribution in [0.2, 0.25) is 0 Å². The number of hydrogen-bond donors (Lipinski definition) is 4. The molecule has 3 rings (SSSR count). The van der Waals surface area contributed by atoms with E-state index in [4.69, 9.17) is 4.74 Å². The molecule has 1 saturated heterocycles. The van der Waals surface area contributed by atoms with Crippen LogP contribution >= 0.6 is 0 Å². The summed E-state index contributed by atoms with van der Waals surface area (Å²) in [6.45, 7) is 9.59. The fourth-order valence-corrected chi connectivity index (χ4v) is 4.60. The summed E-state index contributed by atoms with van der Waals surface area (Å²) in [7, 11) is 1.45. The number of carbonyl (C=O) groups excluding carboxylic acids is 3. The lowest BCUT2D eigenvalue weighted by Gasteiger charge is -2.27. The zero-order chi connectivity index (χ0) is 26.8. The van der Waals surface area contributed by atoms with Crippen LogP contribution in [0.4, 0.5) is 4.39 Å². The molecule has 1 aromatic heterocycles. The highest BCUT2D eigenvalue weighted by molar-refractivity contribution is 6.01. The maximum absolute atomic E-state index is 14.3. The monoisotopic (exact) mass is 499 g/mol. The van der Waals surface area contributed by atoms with E-state index in [1.54, 1.807) is 0 Å². The standard InChI is InChI=1S/C26H34FN5O4/c1-25(2,3)12-19(24(35)29-15(13-28)9-14-11-26(4,5)32-22(14)33)31-23(34)18-10-16-20(36-6)8-7-17(27)21(16)30-18/h7-8,10,14-15,19,30H,9,11-12H2,1-6H3,(H,29,35)(H,31,34)(H,32,33)/t14-,15+,19+/m1/s1. The number of nitrogens with zero attached hydrogens (tertiary/aromatic N) is 1. The number of methoxy groups -OCH3 is 1. The van der Waals surface area contributed by atoms with Gasteiger partial charge in [-0.1, -0.05) is 20.8 Å². The Labute approximate surface area is 210 Å². The molecule has 0 bridgehead atoms. The highest BCUT2D eigenvalue weighted by Gasteiger charge is 2.39. The Morgan fingerprint density at radius 2 is 2.00 bits per heavy atom. The number of nitriles is 1. The molecule has 3 amide bonds. The number of nitrogens with one attached hydrogen (secondary N) is 4. The molecule has 1 aliphatic heterocycles. The minimum atomic E-state index is -0.958. The Morgan fingerprint density at radius 3 is 2.56 bits per heavy atom. The molecule has 36 heavy (non-hydrogen) atoms. The lowest BCUT2D eigenvalue weighted by atomic mass is 9.87. The Kier molecular flexibility index (Phi) is 7.62. The van der Waals surface area contributed by atoms with Gasteiger partial charge in [0, 0.05) is 16.8 Å². The minimum Gasteiger partial charge on any atom is -0.496 e. The van der Waals surface area contributed by atoms with Gasteiger partial charge in [-0.2, -0.15) is 5.26 Å². The van der Waals surface area contributed by atoms with Crippen LogP contribution in [0.3, 0.4) is 0 Å². The first-order valence-corrected chi connectivity index (χ1v) is 11.9. The van der Waals surface area contributed by atoms with Gasteiger partial charge in [0.2, 0.25) is 11.8 Å². The van der Waals surface area contributed by atoms with E-state index in [0.717, 1.165) is 0 Å². The summed E-state index contributed by atoms with van der Waals surface area (Å²) >= 11 is 0. The molecule has 0 saturated carbocycles. The number of halogens is 1. The van der Waals surface area contributed by atoms with E-state index in [-0.39, 0.29) is 40.9 Å². The fraction of sp³-hybridized carbons (Fsp3) is 0.538. The molecule has 3 atom stereocenters. The van der Waals surface area contributed by atoms with Crippen LogP contribution in [0.25, 0.3) is 10.9 Å². The van der Waals surface area contributed by atoms with E-state index < -0.39 is 35.6 Å². The molecule has 0 aliphatic carbocycles. The predicted octanol–water partition coefficient (Wildman–Crippen LogP) is 3.16. The van der Waals surface area contributed by atoms with Gasteiger partial charge in [0.1, 0.15) is 29.3 Å². The molecule has 0 spiro atoms. The normalized spacial score (nSPS) is 18.7. The number of ether oxygens (including phenoxy) is 1. The van der Waals surface area contributed by atoms with Crippen molar-refractivity contribution >= 4 is 28.6 Å². The maximum Gasteiger partial charge on any atom is 0.268 e. The molecule has 1 aromatic carbocycles. The first-order chi connectivity index (χ1) is 16.7. The van der Waals surface area contributed by atoms with Crippen LogP contribution < -0.4 is 20.7 Å². The van der Waals surface area contributed by atoms with Crippen molar-refractivity contribution in [3.05, 3.63) is 29.7 Å². The van der Waals surface area contributed by atoms with Crippen molar-refractivity contribution in [2.24, 2.45) is 11.3 Å². The van der Waals surface area contributed by atoms with Crippen LogP contribution in [0.5, 0.6) is 5.75 Å². The van der Waals surface area contributed by atoms with Gasteiger partial charge in [0.05, 0.1) is 18.7 Å². The van der Waals surface area contributed by atoms with E-state index in [0.29, 0.717) is 17.6 Å². The average molecular weight is 500 g/mol. The van der Waals surface area contributed by atoms with Crippen LogP contribution in [0.1, 0.15) is 64.4 Å². The smallest absolute Gasteiger partial charge is 0.268 e. The lowest BCUT2D eigenvalue weighted by molar-refractivity contribution is -0.125. The van der Waals surface area contributed by atoms with Crippen molar-refractivity contribution in [2.75, 3.05) is 7.11 Å². The number of aromatic nitrogens is 1. The van der Waals surface area contributed by atoms with Gasteiger partial charge in [-0.15, -0.1) is 0 Å². The first-order valence-electron chi connectivity index (χ1n) is 11.9. The predicted molar refractivity (Wildman–Crippen MR) is 133 cm³/mol. The molecule has 0 radical (unpaired) electrons. The van der Waals surface area contributed by atoms with Crippen LogP contribution in [-0.4, -0.2) is 47.4 Å². The van der Waals surface area contributed by atoms with Gasteiger partial charge in [-0.25, -0.2) is 4.39 Å². The van der Waals surface area contributed by atoms with Gasteiger partial charge < -0.3 is 25.7 Å². The summed E-state index contributed by atoms with van der Waals surface area (Å²) in [4.78, 5) is 41.3. The Morgan fingerprint density at radius 1 is 1.31 bits per heavy atom. The molecule has 1 aliphatic rings. The summed E-state index contributed by atoms with van der Waals surface area (Å²) in [5.74, 6) is -1.79. The SMILES string of the molecule is COc1ccc(F)c2[nH]c(C(=O)N[C@@H](CC(C)(C)C)C(=O)N[C@H](C#N)C[C@@H]3CC(C)(C)NC3=O)cc12. The van der Waals surface area contributed by atoms with Crippen molar-refractivity contribution in [3.8, 4) is 11.8 Å². The molecule has 4 N–H and O–H groups in total. The zero-order valence-electron chi connectivity index (χ0n) is 21.5. The van der Waals surface area contributed by atoms with E-state index in [1.165, 1.54) is 25.3 Å². The Hall–Kier alpha value is -3.61. The van der Waals surface area contributed by atoms with E-state index in [2.05, 4.69) is 27.0 Å². The third kappa shape index (κ3) is 6.33. The number of H-pyrrole nitrogens is 1. The summed E-state index contributed by atoms with van der Waals surface area (Å²) in [5, 5.41) is 18.3. The lowest BCUT2D eigenvalue weighted by Crippen LogP contribution is -2.51. The van der Waals surface area contributed by atoms with Crippen LogP contribution in [0, 0.1) is 28.5 Å². The molecule has 0 unspecified atom stereocenters. The number of benzene rings is 1. The first kappa shape index (κ1) is 27.0. The van der Waals surface area contributed by atoms with Crippen molar-refractivity contribution in [1.82, 2.24) is 20.9 Å². The van der Waals surface area contributed by atoms with E-state index >= 15 is 0 Å². The average Bonchev–Trinajstić information content (AvgIpc) is 3.33. The molecule has 2 aromatic rings. The zero-order valence-corrected chi connectivity index (χ0v) is 21.5. The summed E-state index contributed by atoms with van der Waals surface area (Å²) in [5.41, 5.74) is -0.501. The summed E-state index contributed by atoms with van der Waals surface area (Å²) in [6.07, 6.45) is 1.02. The third-order valence-corrected chi connectivity index (χ3v) is 6.19. The minimum absolute atomic E-state index is 0.0711. The summed E-state index contributed by atoms with van der Waals surface area (Å²) < 4.78 is 19.5.